The molecule has 0 atom stereocenters. The van der Waals surface area contributed by atoms with E-state index in [4.69, 9.17) is 5.11 Å². The second-order valence-corrected chi connectivity index (χ2v) is 5.51. The van der Waals surface area contributed by atoms with Gasteiger partial charge in [0.2, 0.25) is 5.91 Å². The highest BCUT2D eigenvalue weighted by Gasteiger charge is 2.29. The van der Waals surface area contributed by atoms with Crippen molar-refractivity contribution >= 4 is 23.3 Å². The first-order valence-corrected chi connectivity index (χ1v) is 7.12. The molecule has 1 saturated carbocycles. The summed E-state index contributed by atoms with van der Waals surface area (Å²) in [7, 11) is 0. The van der Waals surface area contributed by atoms with E-state index in [1.165, 1.54) is 6.92 Å². The van der Waals surface area contributed by atoms with E-state index in [-0.39, 0.29) is 23.5 Å². The average Bonchev–Trinajstić information content (AvgIpc) is 2.47. The molecule has 5 nitrogen and oxygen atoms in total. The number of benzene rings is 1. The number of amides is 1. The van der Waals surface area contributed by atoms with Gasteiger partial charge in [0, 0.05) is 17.2 Å². The first kappa shape index (κ1) is 15.2. The highest BCUT2D eigenvalue weighted by atomic mass is 16.4. The van der Waals surface area contributed by atoms with Crippen LogP contribution in [-0.2, 0) is 9.59 Å². The SMILES string of the molecule is CC(=O)c1cccc(NC(=O)C2CCC(C(=O)O)CC2)c1. The number of ketones is 1. The van der Waals surface area contributed by atoms with Crippen molar-refractivity contribution < 1.29 is 19.5 Å². The third-order valence-corrected chi connectivity index (χ3v) is 3.98. The monoisotopic (exact) mass is 289 g/mol. The molecular formula is C16H19NO4. The highest BCUT2D eigenvalue weighted by Crippen LogP contribution is 2.29. The molecule has 21 heavy (non-hydrogen) atoms. The molecule has 112 valence electrons. The van der Waals surface area contributed by atoms with Crippen molar-refractivity contribution in [2.75, 3.05) is 5.32 Å². The standard InChI is InChI=1S/C16H19NO4/c1-10(18)13-3-2-4-14(9-13)17-15(19)11-5-7-12(8-6-11)16(20)21/h2-4,9,11-12H,5-8H2,1H3,(H,17,19)(H,20,21). The number of carboxylic acid groups (broad SMARTS) is 1. The van der Waals surface area contributed by atoms with Crippen molar-refractivity contribution in [3.8, 4) is 0 Å². The lowest BCUT2D eigenvalue weighted by molar-refractivity contribution is -0.143. The summed E-state index contributed by atoms with van der Waals surface area (Å²) in [5, 5.41) is 11.8. The fourth-order valence-electron chi connectivity index (χ4n) is 2.66. The molecule has 0 heterocycles. The third-order valence-electron chi connectivity index (χ3n) is 3.98. The summed E-state index contributed by atoms with van der Waals surface area (Å²) >= 11 is 0. The van der Waals surface area contributed by atoms with E-state index in [1.54, 1.807) is 24.3 Å². The van der Waals surface area contributed by atoms with Crippen LogP contribution in [0.25, 0.3) is 0 Å². The summed E-state index contributed by atoms with van der Waals surface area (Å²) in [6, 6.07) is 6.83. The summed E-state index contributed by atoms with van der Waals surface area (Å²) in [4.78, 5) is 34.4. The van der Waals surface area contributed by atoms with Crippen molar-refractivity contribution in [1.82, 2.24) is 0 Å². The van der Waals surface area contributed by atoms with Crippen LogP contribution in [0.3, 0.4) is 0 Å². The number of carbonyl (C=O) groups excluding carboxylic acids is 2. The van der Waals surface area contributed by atoms with E-state index in [2.05, 4.69) is 5.32 Å². The van der Waals surface area contributed by atoms with Gasteiger partial charge >= 0.3 is 5.97 Å². The Morgan fingerprint density at radius 1 is 1.10 bits per heavy atom. The minimum atomic E-state index is -0.775. The molecule has 1 aliphatic carbocycles. The fraction of sp³-hybridized carbons (Fsp3) is 0.438. The van der Waals surface area contributed by atoms with Crippen LogP contribution in [0.2, 0.25) is 0 Å². The van der Waals surface area contributed by atoms with Gasteiger partial charge in [-0.05, 0) is 44.7 Å². The van der Waals surface area contributed by atoms with E-state index in [9.17, 15) is 14.4 Å². The molecule has 0 unspecified atom stereocenters. The zero-order valence-corrected chi connectivity index (χ0v) is 12.0. The van der Waals surface area contributed by atoms with Gasteiger partial charge in [0.1, 0.15) is 0 Å². The number of anilines is 1. The Labute approximate surface area is 123 Å². The van der Waals surface area contributed by atoms with E-state index < -0.39 is 5.97 Å². The summed E-state index contributed by atoms with van der Waals surface area (Å²) in [6.45, 7) is 1.48. The Balaban J connectivity index is 1.95. The number of aliphatic carboxylic acids is 1. The molecule has 2 rings (SSSR count). The van der Waals surface area contributed by atoms with Crippen molar-refractivity contribution in [3.05, 3.63) is 29.8 Å². The van der Waals surface area contributed by atoms with Crippen LogP contribution in [0, 0.1) is 11.8 Å². The number of nitrogens with one attached hydrogen (secondary N) is 1. The Morgan fingerprint density at radius 3 is 2.29 bits per heavy atom. The molecule has 1 amide bonds. The lowest BCUT2D eigenvalue weighted by Gasteiger charge is -2.25. The number of hydrogen-bond donors (Lipinski definition) is 2. The van der Waals surface area contributed by atoms with Crippen LogP contribution >= 0.6 is 0 Å². The van der Waals surface area contributed by atoms with Gasteiger partial charge in [-0.3, -0.25) is 14.4 Å². The highest BCUT2D eigenvalue weighted by molar-refractivity contribution is 5.97. The van der Waals surface area contributed by atoms with Crippen LogP contribution in [0.1, 0.15) is 43.0 Å². The molecule has 1 fully saturated rings. The summed E-state index contributed by atoms with van der Waals surface area (Å²) in [6.07, 6.45) is 2.27. The molecular weight excluding hydrogens is 270 g/mol. The zero-order valence-electron chi connectivity index (χ0n) is 12.0. The van der Waals surface area contributed by atoms with Crippen LogP contribution < -0.4 is 5.32 Å². The lowest BCUT2D eigenvalue weighted by Crippen LogP contribution is -2.29. The second kappa shape index (κ2) is 6.52. The van der Waals surface area contributed by atoms with Gasteiger partial charge in [-0.15, -0.1) is 0 Å². The quantitative estimate of drug-likeness (QED) is 0.835. The van der Waals surface area contributed by atoms with Gasteiger partial charge in [0.05, 0.1) is 5.92 Å². The molecule has 0 saturated heterocycles. The van der Waals surface area contributed by atoms with Gasteiger partial charge < -0.3 is 10.4 Å². The first-order chi connectivity index (χ1) is 9.97. The van der Waals surface area contributed by atoms with Gasteiger partial charge in [-0.25, -0.2) is 0 Å². The molecule has 5 heteroatoms. The number of carbonyl (C=O) groups is 3. The number of carboxylic acids is 1. The minimum absolute atomic E-state index is 0.0481. The van der Waals surface area contributed by atoms with Gasteiger partial charge in [0.15, 0.2) is 5.78 Å². The van der Waals surface area contributed by atoms with E-state index in [0.29, 0.717) is 36.9 Å². The van der Waals surface area contributed by atoms with Crippen molar-refractivity contribution in [2.45, 2.75) is 32.6 Å². The van der Waals surface area contributed by atoms with Crippen LogP contribution in [-0.4, -0.2) is 22.8 Å². The second-order valence-electron chi connectivity index (χ2n) is 5.51. The molecule has 0 radical (unpaired) electrons. The molecule has 0 spiro atoms. The van der Waals surface area contributed by atoms with E-state index >= 15 is 0 Å². The zero-order chi connectivity index (χ0) is 15.4. The lowest BCUT2D eigenvalue weighted by atomic mass is 9.81. The topological polar surface area (TPSA) is 83.5 Å². The summed E-state index contributed by atoms with van der Waals surface area (Å²) in [5.74, 6) is -1.40. The average molecular weight is 289 g/mol. The molecule has 0 aliphatic heterocycles. The molecule has 1 aromatic rings. The van der Waals surface area contributed by atoms with E-state index in [0.717, 1.165) is 0 Å². The van der Waals surface area contributed by atoms with Crippen LogP contribution in [0.15, 0.2) is 24.3 Å². The Kier molecular flexibility index (Phi) is 4.73. The predicted octanol–water partition coefficient (Wildman–Crippen LogP) is 2.72. The van der Waals surface area contributed by atoms with Gasteiger partial charge in [0.25, 0.3) is 0 Å². The molecule has 0 bridgehead atoms. The smallest absolute Gasteiger partial charge is 0.306 e. The number of Topliss-reactive ketones (excluding diaryl/α,β-unsaturated/α-hetero) is 1. The molecule has 1 aromatic carbocycles. The van der Waals surface area contributed by atoms with Crippen molar-refractivity contribution in [1.29, 1.82) is 0 Å². The summed E-state index contributed by atoms with van der Waals surface area (Å²) in [5.41, 5.74) is 1.16. The normalized spacial score (nSPS) is 21.6. The minimum Gasteiger partial charge on any atom is -0.481 e. The third kappa shape index (κ3) is 3.90. The Hall–Kier alpha value is -2.17. The van der Waals surface area contributed by atoms with Crippen molar-refractivity contribution in [2.24, 2.45) is 11.8 Å². The largest absolute Gasteiger partial charge is 0.481 e. The molecule has 0 aromatic heterocycles. The molecule has 1 aliphatic rings. The van der Waals surface area contributed by atoms with Crippen LogP contribution in [0.4, 0.5) is 5.69 Å². The van der Waals surface area contributed by atoms with Crippen molar-refractivity contribution in [3.63, 3.8) is 0 Å². The fourth-order valence-corrected chi connectivity index (χ4v) is 2.66. The Bertz CT molecular complexity index is 559. The first-order valence-electron chi connectivity index (χ1n) is 7.12. The number of rotatable bonds is 4. The maximum atomic E-state index is 12.2. The van der Waals surface area contributed by atoms with Gasteiger partial charge in [-0.2, -0.15) is 0 Å². The van der Waals surface area contributed by atoms with Gasteiger partial charge in [-0.1, -0.05) is 12.1 Å². The number of hydrogen-bond acceptors (Lipinski definition) is 3. The van der Waals surface area contributed by atoms with Crippen LogP contribution in [0.5, 0.6) is 0 Å². The van der Waals surface area contributed by atoms with E-state index in [1.807, 2.05) is 0 Å². The predicted molar refractivity (Wildman–Crippen MR) is 78.2 cm³/mol. The maximum Gasteiger partial charge on any atom is 0.306 e. The maximum absolute atomic E-state index is 12.2. The summed E-state index contributed by atoms with van der Waals surface area (Å²) < 4.78 is 0. The Morgan fingerprint density at radius 2 is 1.71 bits per heavy atom. The molecule has 2 N–H and O–H groups in total.